The van der Waals surface area contributed by atoms with Crippen LogP contribution in [0.1, 0.15) is 49.7 Å². The number of piperidine rings is 1. The van der Waals surface area contributed by atoms with Crippen LogP contribution in [0.25, 0.3) is 0 Å². The lowest BCUT2D eigenvalue weighted by atomic mass is 9.72. The first-order valence-electron chi connectivity index (χ1n) is 10.5. The number of benzene rings is 2. The molecule has 0 spiro atoms. The van der Waals surface area contributed by atoms with Crippen LogP contribution in [0, 0.1) is 11.7 Å². The molecule has 0 aliphatic carbocycles. The van der Waals surface area contributed by atoms with E-state index in [-0.39, 0.29) is 18.2 Å². The highest BCUT2D eigenvalue weighted by atomic mass is 19.1. The summed E-state index contributed by atoms with van der Waals surface area (Å²) in [6.07, 6.45) is 4.61. The van der Waals surface area contributed by atoms with E-state index >= 15 is 0 Å². The summed E-state index contributed by atoms with van der Waals surface area (Å²) < 4.78 is 13.5. The molecule has 3 rings (SSSR count). The molecule has 1 saturated heterocycles. The summed E-state index contributed by atoms with van der Waals surface area (Å²) in [7, 11) is 0. The highest BCUT2D eigenvalue weighted by Crippen LogP contribution is 2.42. The molecule has 0 bridgehead atoms. The van der Waals surface area contributed by atoms with E-state index in [0.29, 0.717) is 0 Å². The third-order valence-corrected chi connectivity index (χ3v) is 6.04. The van der Waals surface area contributed by atoms with Gasteiger partial charge in [0.15, 0.2) is 0 Å². The van der Waals surface area contributed by atoms with Gasteiger partial charge in [-0.2, -0.15) is 0 Å². The molecule has 2 aromatic rings. The second-order valence-electron chi connectivity index (χ2n) is 7.96. The lowest BCUT2D eigenvalue weighted by Gasteiger charge is -2.42. The van der Waals surface area contributed by atoms with E-state index in [0.717, 1.165) is 62.9 Å². The van der Waals surface area contributed by atoms with Gasteiger partial charge in [-0.1, -0.05) is 48.9 Å². The number of carbonyl (C=O) groups is 1. The molecule has 2 aromatic carbocycles. The number of nitrogens with zero attached hydrogens (tertiary/aromatic N) is 1. The van der Waals surface area contributed by atoms with Crippen molar-refractivity contribution in [2.45, 2.75) is 44.1 Å². The van der Waals surface area contributed by atoms with Gasteiger partial charge in [0, 0.05) is 6.42 Å². The van der Waals surface area contributed by atoms with Gasteiger partial charge >= 0.3 is 5.97 Å². The van der Waals surface area contributed by atoms with Gasteiger partial charge in [0.2, 0.25) is 0 Å². The largest absolute Gasteiger partial charge is 0.481 e. The Bertz CT molecular complexity index is 772. The van der Waals surface area contributed by atoms with Crippen molar-refractivity contribution in [2.24, 2.45) is 5.92 Å². The van der Waals surface area contributed by atoms with Crippen molar-refractivity contribution < 1.29 is 19.4 Å². The summed E-state index contributed by atoms with van der Waals surface area (Å²) in [5.41, 5.74) is 0.443. The fraction of sp³-hybridized carbons (Fsp3) is 0.458. The molecule has 1 unspecified atom stereocenters. The van der Waals surface area contributed by atoms with Crippen molar-refractivity contribution in [3.8, 4) is 0 Å². The lowest BCUT2D eigenvalue weighted by molar-refractivity contribution is -0.137. The summed E-state index contributed by atoms with van der Waals surface area (Å²) in [4.78, 5) is 13.0. The standard InChI is InChI=1S/C24H30FNO3/c25-22-12-10-20(11-13-22)24(29,19-7-3-1-4-8-19)21-14-17-26(18-15-21)16-6-2-5-9-23(27)28/h1,3-4,7-8,10-13,21,29H,2,5-6,9,14-18H2,(H,27,28). The number of likely N-dealkylation sites (tertiary alicyclic amines) is 1. The Morgan fingerprint density at radius 3 is 2.21 bits per heavy atom. The Morgan fingerprint density at radius 2 is 1.59 bits per heavy atom. The highest BCUT2D eigenvalue weighted by Gasteiger charge is 2.41. The van der Waals surface area contributed by atoms with Crippen molar-refractivity contribution in [3.05, 3.63) is 71.5 Å². The van der Waals surface area contributed by atoms with Crippen LogP contribution in [0.5, 0.6) is 0 Å². The monoisotopic (exact) mass is 399 g/mol. The second-order valence-corrected chi connectivity index (χ2v) is 7.96. The van der Waals surface area contributed by atoms with Crippen LogP contribution >= 0.6 is 0 Å². The molecule has 0 saturated carbocycles. The normalized spacial score (nSPS) is 17.7. The number of rotatable bonds is 9. The lowest BCUT2D eigenvalue weighted by Crippen LogP contribution is -2.44. The molecule has 4 nitrogen and oxygen atoms in total. The predicted octanol–water partition coefficient (Wildman–Crippen LogP) is 4.42. The van der Waals surface area contributed by atoms with Crippen molar-refractivity contribution in [3.63, 3.8) is 0 Å². The third-order valence-electron chi connectivity index (χ3n) is 6.04. The molecule has 1 atom stereocenters. The van der Waals surface area contributed by atoms with Gasteiger partial charge in [-0.05, 0) is 74.5 Å². The Balaban J connectivity index is 1.65. The third kappa shape index (κ3) is 5.43. The van der Waals surface area contributed by atoms with Gasteiger partial charge in [-0.15, -0.1) is 0 Å². The first-order valence-corrected chi connectivity index (χ1v) is 10.5. The molecule has 0 aromatic heterocycles. The number of unbranched alkanes of at least 4 members (excludes halogenated alkanes) is 2. The minimum atomic E-state index is -1.14. The summed E-state index contributed by atoms with van der Waals surface area (Å²) in [5, 5.41) is 20.6. The summed E-state index contributed by atoms with van der Waals surface area (Å²) in [6.45, 7) is 2.77. The number of carboxylic acids is 1. The van der Waals surface area contributed by atoms with Crippen molar-refractivity contribution in [2.75, 3.05) is 19.6 Å². The quantitative estimate of drug-likeness (QED) is 0.613. The molecule has 5 heteroatoms. The van der Waals surface area contributed by atoms with Gasteiger partial charge in [0.1, 0.15) is 11.4 Å². The smallest absolute Gasteiger partial charge is 0.303 e. The molecule has 156 valence electrons. The Morgan fingerprint density at radius 1 is 0.966 bits per heavy atom. The Hall–Kier alpha value is -2.24. The van der Waals surface area contributed by atoms with Crippen LogP contribution in [0.15, 0.2) is 54.6 Å². The average molecular weight is 400 g/mol. The molecule has 0 radical (unpaired) electrons. The first-order chi connectivity index (χ1) is 14.0. The van der Waals surface area contributed by atoms with Crippen molar-refractivity contribution in [1.82, 2.24) is 4.90 Å². The van der Waals surface area contributed by atoms with Crippen LogP contribution in [-0.2, 0) is 10.4 Å². The average Bonchev–Trinajstić information content (AvgIpc) is 2.74. The fourth-order valence-corrected chi connectivity index (χ4v) is 4.40. The molecule has 29 heavy (non-hydrogen) atoms. The molecule has 1 aliphatic rings. The SMILES string of the molecule is O=C(O)CCCCCN1CCC(C(O)(c2ccccc2)c2ccc(F)cc2)CC1. The molecular formula is C24H30FNO3. The highest BCUT2D eigenvalue weighted by molar-refractivity contribution is 5.66. The maximum atomic E-state index is 13.5. The second kappa shape index (κ2) is 9.99. The van der Waals surface area contributed by atoms with Gasteiger partial charge in [-0.3, -0.25) is 4.79 Å². The van der Waals surface area contributed by atoms with E-state index in [1.165, 1.54) is 12.1 Å². The molecular weight excluding hydrogens is 369 g/mol. The molecule has 2 N–H and O–H groups in total. The number of aliphatic carboxylic acids is 1. The zero-order chi connectivity index (χ0) is 20.7. The van der Waals surface area contributed by atoms with Gasteiger partial charge in [0.05, 0.1) is 0 Å². The van der Waals surface area contributed by atoms with Crippen LogP contribution in [0.3, 0.4) is 0 Å². The van der Waals surface area contributed by atoms with E-state index in [4.69, 9.17) is 5.11 Å². The number of hydrogen-bond donors (Lipinski definition) is 2. The molecule has 0 amide bonds. The molecule has 1 heterocycles. The van der Waals surface area contributed by atoms with E-state index in [1.807, 2.05) is 30.3 Å². The van der Waals surface area contributed by atoms with E-state index in [2.05, 4.69) is 4.90 Å². The van der Waals surface area contributed by atoms with E-state index in [9.17, 15) is 14.3 Å². The van der Waals surface area contributed by atoms with E-state index < -0.39 is 11.6 Å². The van der Waals surface area contributed by atoms with Gasteiger partial charge < -0.3 is 15.1 Å². The molecule has 1 fully saturated rings. The summed E-state index contributed by atoms with van der Waals surface area (Å²) >= 11 is 0. The van der Waals surface area contributed by atoms with Crippen LogP contribution < -0.4 is 0 Å². The number of hydrogen-bond acceptors (Lipinski definition) is 3. The van der Waals surface area contributed by atoms with Crippen LogP contribution in [0.4, 0.5) is 4.39 Å². The van der Waals surface area contributed by atoms with Crippen LogP contribution in [0.2, 0.25) is 0 Å². The van der Waals surface area contributed by atoms with Gasteiger partial charge in [0.25, 0.3) is 0 Å². The topological polar surface area (TPSA) is 60.8 Å². The maximum absolute atomic E-state index is 13.5. The number of carboxylic acid groups (broad SMARTS) is 1. The Kier molecular flexibility index (Phi) is 7.40. The maximum Gasteiger partial charge on any atom is 0.303 e. The van der Waals surface area contributed by atoms with E-state index in [1.54, 1.807) is 12.1 Å². The minimum Gasteiger partial charge on any atom is -0.481 e. The minimum absolute atomic E-state index is 0.0543. The predicted molar refractivity (Wildman–Crippen MR) is 111 cm³/mol. The van der Waals surface area contributed by atoms with Crippen molar-refractivity contribution >= 4 is 5.97 Å². The zero-order valence-electron chi connectivity index (χ0n) is 16.8. The Labute approximate surface area is 172 Å². The fourth-order valence-electron chi connectivity index (χ4n) is 4.40. The van der Waals surface area contributed by atoms with Crippen molar-refractivity contribution in [1.29, 1.82) is 0 Å². The van der Waals surface area contributed by atoms with Gasteiger partial charge in [-0.25, -0.2) is 4.39 Å². The summed E-state index contributed by atoms with van der Waals surface area (Å²) in [5.74, 6) is -0.979. The summed E-state index contributed by atoms with van der Waals surface area (Å²) in [6, 6.07) is 15.9. The molecule has 1 aliphatic heterocycles. The number of halogens is 1. The van der Waals surface area contributed by atoms with Crippen LogP contribution in [-0.4, -0.2) is 40.7 Å². The first kappa shape index (κ1) is 21.5. The number of aliphatic hydroxyl groups is 1. The zero-order valence-corrected chi connectivity index (χ0v) is 16.8.